The Labute approximate surface area is 254 Å². The van der Waals surface area contributed by atoms with Gasteiger partial charge in [-0.05, 0) is 24.1 Å². The molecule has 4 aliphatic rings. The number of esters is 2. The average Bonchev–Trinajstić information content (AvgIpc) is 3.61. The van der Waals surface area contributed by atoms with Gasteiger partial charge in [-0.25, -0.2) is 4.79 Å². The van der Waals surface area contributed by atoms with Crippen LogP contribution in [0.4, 0.5) is 13.2 Å². The molecule has 0 aromatic heterocycles. The van der Waals surface area contributed by atoms with Crippen LogP contribution in [-0.2, 0) is 49.5 Å². The summed E-state index contributed by atoms with van der Waals surface area (Å²) in [5, 5.41) is 25.6. The fourth-order valence-electron chi connectivity index (χ4n) is 6.17. The molecule has 0 radical (unpaired) electrons. The molecule has 1 aromatic rings. The molecule has 246 valence electrons. The second kappa shape index (κ2) is 13.0. The third kappa shape index (κ3) is 6.54. The zero-order valence-corrected chi connectivity index (χ0v) is 23.9. The van der Waals surface area contributed by atoms with Gasteiger partial charge in [0, 0.05) is 19.0 Å². The Hall–Kier alpha value is -3.61. The maximum Gasteiger partial charge on any atom is 0.422 e. The second-order valence-electron chi connectivity index (χ2n) is 11.1. The molecule has 1 aliphatic carbocycles. The van der Waals surface area contributed by atoms with Crippen LogP contribution in [0.2, 0.25) is 0 Å². The van der Waals surface area contributed by atoms with E-state index in [2.05, 4.69) is 15.4 Å². The lowest BCUT2D eigenvalue weighted by Gasteiger charge is -2.49. The normalized spacial score (nSPS) is 30.4. The molecule has 3 heterocycles. The summed E-state index contributed by atoms with van der Waals surface area (Å²) in [4.78, 5) is 58.6. The third-order valence-electron chi connectivity index (χ3n) is 8.12. The third-order valence-corrected chi connectivity index (χ3v) is 8.12. The highest BCUT2D eigenvalue weighted by atomic mass is 19.4. The Morgan fingerprint density at radius 2 is 1.96 bits per heavy atom. The number of alkyl halides is 3. The number of benzene rings is 1. The molecule has 2 bridgehead atoms. The van der Waals surface area contributed by atoms with E-state index in [1.54, 1.807) is 24.3 Å². The molecule has 2 amide bonds. The van der Waals surface area contributed by atoms with Crippen molar-refractivity contribution in [2.24, 2.45) is 5.41 Å². The van der Waals surface area contributed by atoms with Crippen LogP contribution in [0, 0.1) is 5.41 Å². The van der Waals surface area contributed by atoms with Crippen LogP contribution >= 0.6 is 0 Å². The number of carbonyl (C=O) groups is 4. The van der Waals surface area contributed by atoms with Crippen LogP contribution in [0.15, 0.2) is 30.3 Å². The number of nitrogens with zero attached hydrogens (tertiary/aromatic N) is 1. The standard InChI is InChI=1S/C28H32F3N3O11/c1-14(36)19(24(38)32-8-9-35)33-26(40)27-10-17-20-21(43-13-42-20)23(27)45-34(22(27)25(39)44-17)11-16-5-3-2-4-15(16)6-7-18(37)41-12-28(29,30)31/h2-7,14,17,19-23,35-36H,8-13H2,1H3,(H,32,38)(H,33,40)/t14-,17+,19+,20-,21-,22-,23+,27-/m0/s1. The summed E-state index contributed by atoms with van der Waals surface area (Å²) in [6.45, 7) is -1.25. The van der Waals surface area contributed by atoms with Crippen LogP contribution in [0.5, 0.6) is 0 Å². The zero-order valence-electron chi connectivity index (χ0n) is 23.9. The van der Waals surface area contributed by atoms with E-state index in [9.17, 15) is 37.5 Å². The van der Waals surface area contributed by atoms with Gasteiger partial charge in [-0.2, -0.15) is 18.2 Å². The molecule has 14 nitrogen and oxygen atoms in total. The number of nitrogens with one attached hydrogen (secondary N) is 2. The number of hydrogen-bond donors (Lipinski definition) is 4. The van der Waals surface area contributed by atoms with E-state index in [1.807, 2.05) is 0 Å². The van der Waals surface area contributed by atoms with Gasteiger partial charge in [0.15, 0.2) is 12.6 Å². The van der Waals surface area contributed by atoms with Crippen molar-refractivity contribution in [1.29, 1.82) is 0 Å². The molecule has 0 spiro atoms. The molecule has 1 saturated carbocycles. The lowest BCUT2D eigenvalue weighted by atomic mass is 9.62. The van der Waals surface area contributed by atoms with Crippen molar-refractivity contribution in [2.45, 2.75) is 68.7 Å². The van der Waals surface area contributed by atoms with Gasteiger partial charge < -0.3 is 39.8 Å². The number of halogens is 3. The number of hydrogen-bond acceptors (Lipinski definition) is 12. The molecule has 0 unspecified atom stereocenters. The summed E-state index contributed by atoms with van der Waals surface area (Å²) < 4.78 is 58.6. The van der Waals surface area contributed by atoms with Crippen molar-refractivity contribution >= 4 is 29.8 Å². The summed E-state index contributed by atoms with van der Waals surface area (Å²) in [6, 6.07) is 3.68. The van der Waals surface area contributed by atoms with Crippen molar-refractivity contribution < 1.29 is 66.3 Å². The van der Waals surface area contributed by atoms with Crippen molar-refractivity contribution in [1.82, 2.24) is 15.7 Å². The van der Waals surface area contributed by atoms with Crippen molar-refractivity contribution in [3.05, 3.63) is 41.5 Å². The number of fused-ring (bicyclic) bond motifs is 4. The fourth-order valence-corrected chi connectivity index (χ4v) is 6.17. The molecular formula is C28H32F3N3O11. The quantitative estimate of drug-likeness (QED) is 0.177. The van der Waals surface area contributed by atoms with Gasteiger partial charge in [0.1, 0.15) is 42.7 Å². The van der Waals surface area contributed by atoms with E-state index in [0.717, 1.165) is 6.08 Å². The van der Waals surface area contributed by atoms with Gasteiger partial charge in [-0.1, -0.05) is 24.3 Å². The predicted molar refractivity (Wildman–Crippen MR) is 142 cm³/mol. The van der Waals surface area contributed by atoms with E-state index >= 15 is 0 Å². The summed E-state index contributed by atoms with van der Waals surface area (Å²) in [7, 11) is 0. The van der Waals surface area contributed by atoms with E-state index in [0.29, 0.717) is 11.1 Å². The highest BCUT2D eigenvalue weighted by molar-refractivity contribution is 5.96. The molecule has 45 heavy (non-hydrogen) atoms. The molecule has 4 fully saturated rings. The molecule has 1 aromatic carbocycles. The van der Waals surface area contributed by atoms with Crippen LogP contribution in [0.3, 0.4) is 0 Å². The van der Waals surface area contributed by atoms with Gasteiger partial charge >= 0.3 is 18.1 Å². The summed E-state index contributed by atoms with van der Waals surface area (Å²) >= 11 is 0. The van der Waals surface area contributed by atoms with Crippen molar-refractivity contribution in [3.8, 4) is 0 Å². The Bertz CT molecular complexity index is 1340. The van der Waals surface area contributed by atoms with Gasteiger partial charge in [0.25, 0.3) is 0 Å². The van der Waals surface area contributed by atoms with Gasteiger partial charge in [0.2, 0.25) is 11.8 Å². The monoisotopic (exact) mass is 643 g/mol. The van der Waals surface area contributed by atoms with Crippen molar-refractivity contribution in [2.75, 3.05) is 26.6 Å². The van der Waals surface area contributed by atoms with Gasteiger partial charge in [0.05, 0.1) is 19.3 Å². The SMILES string of the molecule is C[C@H](O)[C@@H](NC(=O)[C@@]12C[C@H]3OC(=O)[C@@H]1N(Cc1ccccc1C=CC(=O)OCC(F)(F)F)O[C@@H]2[C@H]1OCO[C@H]13)C(=O)NCCO. The molecule has 5 rings (SSSR count). The Morgan fingerprint density at radius 1 is 1.22 bits per heavy atom. The van der Waals surface area contributed by atoms with E-state index in [-0.39, 0.29) is 32.9 Å². The molecule has 17 heteroatoms. The first-order valence-electron chi connectivity index (χ1n) is 14.1. The number of carbonyl (C=O) groups excluding carboxylic acids is 4. The van der Waals surface area contributed by atoms with Crippen LogP contribution in [0.25, 0.3) is 6.08 Å². The summed E-state index contributed by atoms with van der Waals surface area (Å²) in [5.41, 5.74) is -0.814. The molecule has 4 N–H and O–H groups in total. The van der Waals surface area contributed by atoms with Gasteiger partial charge in [-0.3, -0.25) is 19.2 Å². The average molecular weight is 644 g/mol. The van der Waals surface area contributed by atoms with E-state index in [1.165, 1.54) is 18.1 Å². The first-order valence-corrected chi connectivity index (χ1v) is 14.1. The van der Waals surface area contributed by atoms with Crippen LogP contribution in [0.1, 0.15) is 24.5 Å². The molecule has 3 aliphatic heterocycles. The maximum absolute atomic E-state index is 14.2. The molecule has 8 atom stereocenters. The fraction of sp³-hybridized carbons (Fsp3) is 0.571. The lowest BCUT2D eigenvalue weighted by Crippen LogP contribution is -2.71. The minimum Gasteiger partial charge on any atom is -0.458 e. The zero-order chi connectivity index (χ0) is 32.5. The topological polar surface area (TPSA) is 182 Å². The summed E-state index contributed by atoms with van der Waals surface area (Å²) in [5.74, 6) is -3.56. The van der Waals surface area contributed by atoms with E-state index in [4.69, 9.17) is 24.2 Å². The van der Waals surface area contributed by atoms with Gasteiger partial charge in [-0.15, -0.1) is 0 Å². The lowest BCUT2D eigenvalue weighted by molar-refractivity contribution is -0.201. The van der Waals surface area contributed by atoms with E-state index < -0.39 is 84.6 Å². The molecular weight excluding hydrogens is 611 g/mol. The number of ether oxygens (including phenoxy) is 4. The molecule has 3 saturated heterocycles. The number of hydroxylamine groups is 2. The van der Waals surface area contributed by atoms with Crippen molar-refractivity contribution in [3.63, 3.8) is 0 Å². The number of rotatable bonds is 11. The maximum atomic E-state index is 14.2. The Morgan fingerprint density at radius 3 is 2.67 bits per heavy atom. The van der Waals surface area contributed by atoms with Crippen LogP contribution in [-0.4, -0.2) is 114 Å². The minimum atomic E-state index is -4.69. The highest BCUT2D eigenvalue weighted by Gasteiger charge is 2.74. The summed E-state index contributed by atoms with van der Waals surface area (Å²) in [6.07, 6.45) is -7.57. The first kappa shape index (κ1) is 32.8. The largest absolute Gasteiger partial charge is 0.458 e. The smallest absolute Gasteiger partial charge is 0.422 e. The Balaban J connectivity index is 1.44. The minimum absolute atomic E-state index is 0.0572. The second-order valence-corrected chi connectivity index (χ2v) is 11.1. The predicted octanol–water partition coefficient (Wildman–Crippen LogP) is -0.679. The first-order chi connectivity index (χ1) is 21.4. The number of amides is 2. The Kier molecular flexibility index (Phi) is 9.48. The number of aliphatic hydroxyl groups excluding tert-OH is 2. The number of aliphatic hydroxyl groups is 2. The van der Waals surface area contributed by atoms with Crippen LogP contribution < -0.4 is 10.6 Å². The highest BCUT2D eigenvalue weighted by Crippen LogP contribution is 2.55.